The van der Waals surface area contributed by atoms with Crippen molar-refractivity contribution in [2.75, 3.05) is 13.1 Å². The van der Waals surface area contributed by atoms with Gasteiger partial charge in [-0.2, -0.15) is 9.57 Å². The van der Waals surface area contributed by atoms with Gasteiger partial charge in [0.2, 0.25) is 0 Å². The van der Waals surface area contributed by atoms with Crippen LogP contribution in [0.25, 0.3) is 0 Å². The Kier molecular flexibility index (Phi) is 4.29. The van der Waals surface area contributed by atoms with Crippen LogP contribution in [0.2, 0.25) is 4.34 Å². The van der Waals surface area contributed by atoms with Gasteiger partial charge in [-0.1, -0.05) is 11.6 Å². The first-order valence-electron chi connectivity index (χ1n) is 5.69. The van der Waals surface area contributed by atoms with Gasteiger partial charge < -0.3 is 0 Å². The second kappa shape index (κ2) is 5.65. The molecule has 0 aliphatic carbocycles. The van der Waals surface area contributed by atoms with Gasteiger partial charge in [0, 0.05) is 19.2 Å². The molecule has 1 atom stereocenters. The summed E-state index contributed by atoms with van der Waals surface area (Å²) in [6.45, 7) is 0.423. The molecule has 0 N–H and O–H groups in total. The zero-order valence-corrected chi connectivity index (χ0v) is 12.5. The summed E-state index contributed by atoms with van der Waals surface area (Å²) in [6.07, 6.45) is 1.26. The normalized spacial score (nSPS) is 20.5. The summed E-state index contributed by atoms with van der Waals surface area (Å²) >= 11 is 6.35. The Hall–Kier alpha value is -1.21. The van der Waals surface area contributed by atoms with Crippen LogP contribution in [0.4, 0.5) is 5.69 Å². The van der Waals surface area contributed by atoms with Gasteiger partial charge in [-0.15, -0.1) is 11.3 Å². The van der Waals surface area contributed by atoms with E-state index in [2.05, 4.69) is 6.07 Å². The molecule has 1 aliphatic rings. The number of piperidine rings is 1. The molecule has 2 rings (SSSR count). The van der Waals surface area contributed by atoms with Crippen molar-refractivity contribution in [3.05, 3.63) is 20.5 Å². The maximum atomic E-state index is 12.4. The van der Waals surface area contributed by atoms with Crippen LogP contribution in [0.5, 0.6) is 0 Å². The Morgan fingerprint density at radius 1 is 1.60 bits per heavy atom. The molecule has 0 saturated carbocycles. The fourth-order valence-electron chi connectivity index (χ4n) is 1.98. The van der Waals surface area contributed by atoms with E-state index in [1.165, 1.54) is 4.31 Å². The second-order valence-corrected chi connectivity index (χ2v) is 8.13. The Bertz CT molecular complexity index is 679. The minimum atomic E-state index is -3.83. The number of rotatable bonds is 3. The number of nitro groups is 1. The lowest BCUT2D eigenvalue weighted by Gasteiger charge is -2.27. The maximum Gasteiger partial charge on any atom is 0.300 e. The van der Waals surface area contributed by atoms with Gasteiger partial charge in [-0.25, -0.2) is 8.42 Å². The van der Waals surface area contributed by atoms with Gasteiger partial charge in [0.1, 0.15) is 4.21 Å². The average Bonchev–Trinajstić information content (AvgIpc) is 2.82. The highest BCUT2D eigenvalue weighted by Crippen LogP contribution is 2.38. The summed E-state index contributed by atoms with van der Waals surface area (Å²) in [5.41, 5.74) is -0.413. The van der Waals surface area contributed by atoms with Crippen molar-refractivity contribution in [2.45, 2.75) is 17.1 Å². The second-order valence-electron chi connectivity index (χ2n) is 4.31. The lowest BCUT2D eigenvalue weighted by atomic mass is 10.0. The molecule has 0 amide bonds. The lowest BCUT2D eigenvalue weighted by molar-refractivity contribution is -0.384. The minimum Gasteiger partial charge on any atom is -0.258 e. The molecule has 0 bridgehead atoms. The zero-order chi connectivity index (χ0) is 14.9. The zero-order valence-electron chi connectivity index (χ0n) is 10.2. The number of halogens is 1. The summed E-state index contributed by atoms with van der Waals surface area (Å²) in [5.74, 6) is -0.344. The van der Waals surface area contributed by atoms with Crippen molar-refractivity contribution >= 4 is 38.6 Å². The van der Waals surface area contributed by atoms with E-state index in [0.29, 0.717) is 30.7 Å². The maximum absolute atomic E-state index is 12.4. The smallest absolute Gasteiger partial charge is 0.258 e. The van der Waals surface area contributed by atoms with Gasteiger partial charge >= 0.3 is 0 Å². The van der Waals surface area contributed by atoms with Gasteiger partial charge in [-0.3, -0.25) is 10.1 Å². The SMILES string of the molecule is N#CC1CCCN(S(=O)(=O)c2cc([N+](=O)[O-])c(Cl)s2)C1. The molecular formula is C10H10ClN3O4S2. The summed E-state index contributed by atoms with van der Waals surface area (Å²) in [6, 6.07) is 3.03. The van der Waals surface area contributed by atoms with E-state index >= 15 is 0 Å². The van der Waals surface area contributed by atoms with Crippen molar-refractivity contribution in [1.82, 2.24) is 4.31 Å². The largest absolute Gasteiger partial charge is 0.300 e. The van der Waals surface area contributed by atoms with Crippen LogP contribution in [0.1, 0.15) is 12.8 Å². The van der Waals surface area contributed by atoms with Crippen LogP contribution in [-0.4, -0.2) is 30.7 Å². The Labute approximate surface area is 124 Å². The van der Waals surface area contributed by atoms with Crippen LogP contribution in [0.15, 0.2) is 10.3 Å². The van der Waals surface area contributed by atoms with Crippen LogP contribution in [0, 0.1) is 27.4 Å². The fraction of sp³-hybridized carbons (Fsp3) is 0.500. The first-order valence-corrected chi connectivity index (χ1v) is 8.33. The molecule has 1 aromatic rings. The lowest BCUT2D eigenvalue weighted by Crippen LogP contribution is -2.39. The van der Waals surface area contributed by atoms with E-state index in [1.54, 1.807) is 0 Å². The van der Waals surface area contributed by atoms with Crippen molar-refractivity contribution in [1.29, 1.82) is 5.26 Å². The molecule has 0 spiro atoms. The summed E-state index contributed by atoms with van der Waals surface area (Å²) in [4.78, 5) is 10.00. The third kappa shape index (κ3) is 2.78. The number of thiophene rings is 1. The summed E-state index contributed by atoms with van der Waals surface area (Å²) < 4.78 is 25.6. The molecule has 0 aromatic carbocycles. The van der Waals surface area contributed by atoms with Crippen LogP contribution < -0.4 is 0 Å². The van der Waals surface area contributed by atoms with Crippen molar-refractivity contribution < 1.29 is 13.3 Å². The monoisotopic (exact) mass is 335 g/mol. The molecule has 1 fully saturated rings. The summed E-state index contributed by atoms with van der Waals surface area (Å²) in [7, 11) is -3.83. The Morgan fingerprint density at radius 2 is 2.30 bits per heavy atom. The highest BCUT2D eigenvalue weighted by Gasteiger charge is 2.33. The van der Waals surface area contributed by atoms with E-state index in [-0.39, 0.29) is 21.0 Å². The first kappa shape index (κ1) is 15.2. The molecule has 20 heavy (non-hydrogen) atoms. The predicted molar refractivity (Wildman–Crippen MR) is 73.1 cm³/mol. The van der Waals surface area contributed by atoms with Crippen LogP contribution in [-0.2, 0) is 10.0 Å². The number of hydrogen-bond acceptors (Lipinski definition) is 6. The third-order valence-electron chi connectivity index (χ3n) is 3.00. The van der Waals surface area contributed by atoms with Gasteiger partial charge in [0.15, 0.2) is 4.34 Å². The Morgan fingerprint density at radius 3 is 2.85 bits per heavy atom. The van der Waals surface area contributed by atoms with E-state index in [0.717, 1.165) is 6.07 Å². The number of nitrogens with zero attached hydrogens (tertiary/aromatic N) is 3. The fourth-order valence-corrected chi connectivity index (χ4v) is 5.33. The third-order valence-corrected chi connectivity index (χ3v) is 6.66. The molecule has 108 valence electrons. The summed E-state index contributed by atoms with van der Waals surface area (Å²) in [5, 5.41) is 19.6. The molecule has 1 unspecified atom stereocenters. The van der Waals surface area contributed by atoms with Gasteiger partial charge in [0.05, 0.1) is 16.9 Å². The van der Waals surface area contributed by atoms with Crippen molar-refractivity contribution in [3.63, 3.8) is 0 Å². The molecule has 10 heteroatoms. The highest BCUT2D eigenvalue weighted by atomic mass is 35.5. The molecule has 0 radical (unpaired) electrons. The van der Waals surface area contributed by atoms with Gasteiger partial charge in [0.25, 0.3) is 15.7 Å². The van der Waals surface area contributed by atoms with Crippen LogP contribution in [0.3, 0.4) is 0 Å². The van der Waals surface area contributed by atoms with E-state index in [4.69, 9.17) is 16.9 Å². The van der Waals surface area contributed by atoms with Crippen molar-refractivity contribution in [3.8, 4) is 6.07 Å². The highest BCUT2D eigenvalue weighted by molar-refractivity contribution is 7.91. The number of sulfonamides is 1. The Balaban J connectivity index is 2.33. The molecule has 1 aliphatic heterocycles. The number of hydrogen-bond donors (Lipinski definition) is 0. The molecule has 2 heterocycles. The molecular weight excluding hydrogens is 326 g/mol. The molecule has 1 saturated heterocycles. The average molecular weight is 336 g/mol. The van der Waals surface area contributed by atoms with E-state index in [1.807, 2.05) is 0 Å². The molecule has 7 nitrogen and oxygen atoms in total. The van der Waals surface area contributed by atoms with E-state index < -0.39 is 20.6 Å². The standard InChI is InChI=1S/C10H10ClN3O4S2/c11-10-8(14(15)16)4-9(19-10)20(17,18)13-3-1-2-7(5-12)6-13/h4,7H,1-3,6H2. The quantitative estimate of drug-likeness (QED) is 0.622. The number of nitriles is 1. The van der Waals surface area contributed by atoms with E-state index in [9.17, 15) is 18.5 Å². The minimum absolute atomic E-state index is 0.113. The molecule has 1 aromatic heterocycles. The van der Waals surface area contributed by atoms with Crippen LogP contribution >= 0.6 is 22.9 Å². The van der Waals surface area contributed by atoms with Crippen molar-refractivity contribution in [2.24, 2.45) is 5.92 Å². The van der Waals surface area contributed by atoms with Gasteiger partial charge in [-0.05, 0) is 12.8 Å². The first-order chi connectivity index (χ1) is 9.36. The topological polar surface area (TPSA) is 104 Å². The predicted octanol–water partition coefficient (Wildman–Crippen LogP) is 2.23.